The smallest absolute Gasteiger partial charge is 0.254 e. The first kappa shape index (κ1) is 18.6. The first-order valence-electron chi connectivity index (χ1n) is 9.02. The molecule has 1 amide bonds. The van der Waals surface area contributed by atoms with Gasteiger partial charge in [-0.3, -0.25) is 4.79 Å². The van der Waals surface area contributed by atoms with Crippen LogP contribution in [0.3, 0.4) is 0 Å². The Morgan fingerprint density at radius 3 is 2.59 bits per heavy atom. The van der Waals surface area contributed by atoms with E-state index in [-0.39, 0.29) is 12.5 Å². The fraction of sp³-hybridized carbons (Fsp3) is 0.286. The standard InChI is InChI=1S/C21H23N3O3/c1-4-24(21(25)16-9-11-18(12-10-16)26-5-2)14-19-22-20(23-27-19)17-8-6-7-15(3)13-17/h6-13H,4-5,14H2,1-3H3. The average molecular weight is 365 g/mol. The van der Waals surface area contributed by atoms with Crippen LogP contribution in [0.2, 0.25) is 0 Å². The van der Waals surface area contributed by atoms with Crippen LogP contribution < -0.4 is 4.74 Å². The number of nitrogens with zero attached hydrogens (tertiary/aromatic N) is 3. The molecule has 0 saturated heterocycles. The number of amides is 1. The lowest BCUT2D eigenvalue weighted by atomic mass is 10.1. The number of benzene rings is 2. The molecule has 1 aromatic heterocycles. The van der Waals surface area contributed by atoms with E-state index in [1.807, 2.05) is 45.0 Å². The van der Waals surface area contributed by atoms with Crippen molar-refractivity contribution in [1.29, 1.82) is 0 Å². The van der Waals surface area contributed by atoms with E-state index in [2.05, 4.69) is 10.1 Å². The molecule has 0 fully saturated rings. The summed E-state index contributed by atoms with van der Waals surface area (Å²) in [4.78, 5) is 18.9. The third-order valence-electron chi connectivity index (χ3n) is 4.15. The molecule has 0 aliphatic carbocycles. The van der Waals surface area contributed by atoms with Crippen LogP contribution in [0.5, 0.6) is 5.75 Å². The number of carbonyl (C=O) groups excluding carboxylic acids is 1. The second kappa shape index (κ2) is 8.49. The lowest BCUT2D eigenvalue weighted by molar-refractivity contribution is 0.0734. The molecular formula is C21H23N3O3. The highest BCUT2D eigenvalue weighted by atomic mass is 16.5. The SMILES string of the molecule is CCOc1ccc(C(=O)N(CC)Cc2nc(-c3cccc(C)c3)no2)cc1. The third-order valence-corrected chi connectivity index (χ3v) is 4.15. The Morgan fingerprint density at radius 2 is 1.93 bits per heavy atom. The Balaban J connectivity index is 1.72. The van der Waals surface area contributed by atoms with Crippen molar-refractivity contribution in [2.24, 2.45) is 0 Å². The summed E-state index contributed by atoms with van der Waals surface area (Å²) < 4.78 is 10.8. The molecular weight excluding hydrogens is 342 g/mol. The fourth-order valence-corrected chi connectivity index (χ4v) is 2.75. The van der Waals surface area contributed by atoms with Crippen LogP contribution in [0.25, 0.3) is 11.4 Å². The minimum Gasteiger partial charge on any atom is -0.494 e. The average Bonchev–Trinajstić information content (AvgIpc) is 3.15. The van der Waals surface area contributed by atoms with Gasteiger partial charge in [0.25, 0.3) is 5.91 Å². The zero-order valence-electron chi connectivity index (χ0n) is 15.8. The molecule has 0 aliphatic rings. The lowest BCUT2D eigenvalue weighted by Crippen LogP contribution is -2.30. The van der Waals surface area contributed by atoms with Crippen molar-refractivity contribution in [2.45, 2.75) is 27.3 Å². The molecule has 6 heteroatoms. The van der Waals surface area contributed by atoms with Crippen molar-refractivity contribution in [3.8, 4) is 17.1 Å². The van der Waals surface area contributed by atoms with Crippen LogP contribution in [0, 0.1) is 6.92 Å². The molecule has 6 nitrogen and oxygen atoms in total. The van der Waals surface area contributed by atoms with E-state index >= 15 is 0 Å². The Kier molecular flexibility index (Phi) is 5.86. The maximum Gasteiger partial charge on any atom is 0.254 e. The van der Waals surface area contributed by atoms with Crippen molar-refractivity contribution in [3.05, 3.63) is 65.5 Å². The van der Waals surface area contributed by atoms with Gasteiger partial charge < -0.3 is 14.2 Å². The largest absolute Gasteiger partial charge is 0.494 e. The predicted octanol–water partition coefficient (Wildman–Crippen LogP) is 4.11. The number of aromatic nitrogens is 2. The highest BCUT2D eigenvalue weighted by Gasteiger charge is 2.18. The van der Waals surface area contributed by atoms with E-state index in [0.29, 0.717) is 30.4 Å². The predicted molar refractivity (Wildman–Crippen MR) is 102 cm³/mol. The molecule has 0 spiro atoms. The van der Waals surface area contributed by atoms with Crippen molar-refractivity contribution >= 4 is 5.91 Å². The fourth-order valence-electron chi connectivity index (χ4n) is 2.75. The topological polar surface area (TPSA) is 68.5 Å². The summed E-state index contributed by atoms with van der Waals surface area (Å²) in [6, 6.07) is 15.0. The van der Waals surface area contributed by atoms with E-state index in [0.717, 1.165) is 16.9 Å². The van der Waals surface area contributed by atoms with Gasteiger partial charge in [-0.2, -0.15) is 4.98 Å². The maximum absolute atomic E-state index is 12.8. The van der Waals surface area contributed by atoms with E-state index in [4.69, 9.17) is 9.26 Å². The number of rotatable bonds is 7. The van der Waals surface area contributed by atoms with E-state index in [1.54, 1.807) is 29.2 Å². The minimum atomic E-state index is -0.0872. The summed E-state index contributed by atoms with van der Waals surface area (Å²) >= 11 is 0. The van der Waals surface area contributed by atoms with Gasteiger partial charge in [0, 0.05) is 17.7 Å². The molecule has 2 aromatic carbocycles. The Morgan fingerprint density at radius 1 is 1.15 bits per heavy atom. The van der Waals surface area contributed by atoms with Crippen LogP contribution in [0.1, 0.15) is 35.7 Å². The van der Waals surface area contributed by atoms with Gasteiger partial charge in [-0.25, -0.2) is 0 Å². The summed E-state index contributed by atoms with van der Waals surface area (Å²) in [7, 11) is 0. The number of aryl methyl sites for hydroxylation is 1. The molecule has 0 radical (unpaired) electrons. The monoisotopic (exact) mass is 365 g/mol. The highest BCUT2D eigenvalue weighted by Crippen LogP contribution is 2.19. The summed E-state index contributed by atoms with van der Waals surface area (Å²) in [5.41, 5.74) is 2.62. The van der Waals surface area contributed by atoms with Gasteiger partial charge in [0.2, 0.25) is 11.7 Å². The van der Waals surface area contributed by atoms with Crippen molar-refractivity contribution < 1.29 is 14.1 Å². The number of hydrogen-bond donors (Lipinski definition) is 0. The highest BCUT2D eigenvalue weighted by molar-refractivity contribution is 5.94. The molecule has 0 aliphatic heterocycles. The van der Waals surface area contributed by atoms with E-state index in [1.165, 1.54) is 0 Å². The summed E-state index contributed by atoms with van der Waals surface area (Å²) in [6.07, 6.45) is 0. The normalized spacial score (nSPS) is 10.6. The Bertz CT molecular complexity index is 903. The number of carbonyl (C=O) groups is 1. The van der Waals surface area contributed by atoms with Crippen LogP contribution >= 0.6 is 0 Å². The number of hydrogen-bond acceptors (Lipinski definition) is 5. The van der Waals surface area contributed by atoms with Gasteiger partial charge in [0.15, 0.2) is 0 Å². The lowest BCUT2D eigenvalue weighted by Gasteiger charge is -2.19. The molecule has 3 rings (SSSR count). The quantitative estimate of drug-likeness (QED) is 0.630. The maximum atomic E-state index is 12.8. The third kappa shape index (κ3) is 4.53. The van der Waals surface area contributed by atoms with Crippen LogP contribution in [-0.4, -0.2) is 34.1 Å². The number of ether oxygens (including phenoxy) is 1. The second-order valence-corrected chi connectivity index (χ2v) is 6.16. The first-order chi connectivity index (χ1) is 13.1. The summed E-state index contributed by atoms with van der Waals surface area (Å²) in [5.74, 6) is 1.60. The molecule has 0 saturated carbocycles. The second-order valence-electron chi connectivity index (χ2n) is 6.16. The summed E-state index contributed by atoms with van der Waals surface area (Å²) in [6.45, 7) is 7.25. The van der Waals surface area contributed by atoms with Gasteiger partial charge in [-0.15, -0.1) is 0 Å². The van der Waals surface area contributed by atoms with Crippen LogP contribution in [0.4, 0.5) is 0 Å². The molecule has 1 heterocycles. The van der Waals surface area contributed by atoms with Crippen molar-refractivity contribution in [2.75, 3.05) is 13.2 Å². The van der Waals surface area contributed by atoms with Crippen LogP contribution in [-0.2, 0) is 6.54 Å². The molecule has 140 valence electrons. The molecule has 0 N–H and O–H groups in total. The van der Waals surface area contributed by atoms with E-state index in [9.17, 15) is 4.79 Å². The summed E-state index contributed by atoms with van der Waals surface area (Å²) in [5, 5.41) is 4.04. The van der Waals surface area contributed by atoms with E-state index < -0.39 is 0 Å². The van der Waals surface area contributed by atoms with Gasteiger partial charge >= 0.3 is 0 Å². The molecule has 3 aromatic rings. The zero-order valence-corrected chi connectivity index (χ0v) is 15.8. The Labute approximate surface area is 158 Å². The first-order valence-corrected chi connectivity index (χ1v) is 9.02. The van der Waals surface area contributed by atoms with Crippen molar-refractivity contribution in [3.63, 3.8) is 0 Å². The van der Waals surface area contributed by atoms with Gasteiger partial charge in [-0.05, 0) is 51.1 Å². The zero-order chi connectivity index (χ0) is 19.2. The van der Waals surface area contributed by atoms with Gasteiger partial charge in [0.05, 0.1) is 6.61 Å². The minimum absolute atomic E-state index is 0.0872. The van der Waals surface area contributed by atoms with Gasteiger partial charge in [0.1, 0.15) is 12.3 Å². The molecule has 0 atom stereocenters. The molecule has 27 heavy (non-hydrogen) atoms. The van der Waals surface area contributed by atoms with Gasteiger partial charge in [-0.1, -0.05) is 28.9 Å². The molecule has 0 bridgehead atoms. The van der Waals surface area contributed by atoms with Crippen LogP contribution in [0.15, 0.2) is 53.1 Å². The van der Waals surface area contributed by atoms with Crippen molar-refractivity contribution in [1.82, 2.24) is 15.0 Å². The Hall–Kier alpha value is -3.15. The molecule has 0 unspecified atom stereocenters.